The van der Waals surface area contributed by atoms with E-state index >= 15 is 0 Å². The molecule has 0 amide bonds. The summed E-state index contributed by atoms with van der Waals surface area (Å²) in [5.41, 5.74) is 0. The van der Waals surface area contributed by atoms with Crippen LogP contribution in [0.4, 0.5) is 0 Å². The molecule has 0 aromatic heterocycles. The zero-order valence-corrected chi connectivity index (χ0v) is 13.5. The third-order valence-electron chi connectivity index (χ3n) is 2.68. The van der Waals surface area contributed by atoms with Gasteiger partial charge < -0.3 is 20.1 Å². The number of hydrogen-bond donors (Lipinski definition) is 2. The quantitative estimate of drug-likeness (QED) is 0.439. The first-order valence-corrected chi connectivity index (χ1v) is 7.44. The van der Waals surface area contributed by atoms with Crippen molar-refractivity contribution in [2.45, 2.75) is 20.8 Å². The van der Waals surface area contributed by atoms with Crippen LogP contribution in [0.1, 0.15) is 20.8 Å². The van der Waals surface area contributed by atoms with Crippen LogP contribution in [0.3, 0.4) is 0 Å². The van der Waals surface area contributed by atoms with Crippen LogP contribution in [0.2, 0.25) is 0 Å². The van der Waals surface area contributed by atoms with Gasteiger partial charge in [0.15, 0.2) is 5.96 Å². The molecule has 0 atom stereocenters. The van der Waals surface area contributed by atoms with Gasteiger partial charge in [-0.3, -0.25) is 4.99 Å². The van der Waals surface area contributed by atoms with E-state index in [2.05, 4.69) is 36.4 Å². The Balaban J connectivity index is 2.31. The molecule has 1 aromatic rings. The molecule has 0 fully saturated rings. The van der Waals surface area contributed by atoms with Gasteiger partial charge in [0.25, 0.3) is 0 Å². The highest BCUT2D eigenvalue weighted by molar-refractivity contribution is 5.79. The first-order valence-electron chi connectivity index (χ1n) is 7.44. The van der Waals surface area contributed by atoms with Gasteiger partial charge in [0, 0.05) is 13.1 Å². The summed E-state index contributed by atoms with van der Waals surface area (Å²) in [4.78, 5) is 4.50. The predicted molar refractivity (Wildman–Crippen MR) is 87.3 cm³/mol. The lowest BCUT2D eigenvalue weighted by Crippen LogP contribution is -2.39. The number of nitrogens with zero attached hydrogens (tertiary/aromatic N) is 1. The van der Waals surface area contributed by atoms with Gasteiger partial charge in [0.05, 0.1) is 13.7 Å². The van der Waals surface area contributed by atoms with Crippen molar-refractivity contribution in [3.8, 4) is 11.5 Å². The van der Waals surface area contributed by atoms with E-state index in [1.807, 2.05) is 24.3 Å². The van der Waals surface area contributed by atoms with Crippen LogP contribution in [-0.2, 0) is 0 Å². The van der Waals surface area contributed by atoms with Crippen molar-refractivity contribution in [2.75, 3.05) is 33.4 Å². The molecule has 0 aliphatic heterocycles. The molecular formula is C16H27N3O2. The van der Waals surface area contributed by atoms with Crippen molar-refractivity contribution in [3.05, 3.63) is 24.3 Å². The molecule has 0 saturated heterocycles. The van der Waals surface area contributed by atoms with Gasteiger partial charge in [-0.15, -0.1) is 0 Å². The Morgan fingerprint density at radius 2 is 1.81 bits per heavy atom. The number of hydrogen-bond acceptors (Lipinski definition) is 3. The van der Waals surface area contributed by atoms with Crippen LogP contribution in [0, 0.1) is 5.92 Å². The number of guanidine groups is 1. The van der Waals surface area contributed by atoms with Gasteiger partial charge in [-0.25, -0.2) is 0 Å². The summed E-state index contributed by atoms with van der Waals surface area (Å²) in [6.45, 7) is 9.31. The van der Waals surface area contributed by atoms with E-state index in [9.17, 15) is 0 Å². The maximum atomic E-state index is 5.66. The Labute approximate surface area is 127 Å². The van der Waals surface area contributed by atoms with Crippen molar-refractivity contribution in [2.24, 2.45) is 10.9 Å². The van der Waals surface area contributed by atoms with Gasteiger partial charge in [0.1, 0.15) is 18.1 Å². The third kappa shape index (κ3) is 7.44. The van der Waals surface area contributed by atoms with E-state index < -0.39 is 0 Å². The molecule has 0 unspecified atom stereocenters. The predicted octanol–water partition coefficient (Wildman–Crippen LogP) is 2.29. The van der Waals surface area contributed by atoms with E-state index in [-0.39, 0.29) is 0 Å². The lowest BCUT2D eigenvalue weighted by atomic mass is 10.2. The molecule has 118 valence electrons. The topological polar surface area (TPSA) is 54.9 Å². The average molecular weight is 293 g/mol. The highest BCUT2D eigenvalue weighted by Crippen LogP contribution is 2.16. The number of benzene rings is 1. The molecule has 2 N–H and O–H groups in total. The fourth-order valence-corrected chi connectivity index (χ4v) is 1.63. The van der Waals surface area contributed by atoms with Crippen molar-refractivity contribution in [1.29, 1.82) is 0 Å². The van der Waals surface area contributed by atoms with Crippen molar-refractivity contribution >= 4 is 5.96 Å². The Bertz CT molecular complexity index is 416. The number of rotatable bonds is 8. The first-order chi connectivity index (χ1) is 10.2. The second-order valence-electron chi connectivity index (χ2n) is 5.06. The third-order valence-corrected chi connectivity index (χ3v) is 2.68. The van der Waals surface area contributed by atoms with Crippen molar-refractivity contribution < 1.29 is 9.47 Å². The second-order valence-corrected chi connectivity index (χ2v) is 5.06. The van der Waals surface area contributed by atoms with Gasteiger partial charge in [-0.2, -0.15) is 0 Å². The van der Waals surface area contributed by atoms with E-state index in [0.717, 1.165) is 30.5 Å². The Morgan fingerprint density at radius 3 is 2.38 bits per heavy atom. The number of aliphatic imine (C=N–C) groups is 1. The van der Waals surface area contributed by atoms with Crippen LogP contribution < -0.4 is 20.1 Å². The molecule has 1 rings (SSSR count). The van der Waals surface area contributed by atoms with Gasteiger partial charge in [0.2, 0.25) is 0 Å². The van der Waals surface area contributed by atoms with Crippen LogP contribution in [-0.4, -0.2) is 39.3 Å². The van der Waals surface area contributed by atoms with Gasteiger partial charge in [-0.05, 0) is 37.1 Å². The molecule has 0 aliphatic rings. The summed E-state index contributed by atoms with van der Waals surface area (Å²) in [7, 11) is 1.65. The first kappa shape index (κ1) is 17.1. The van der Waals surface area contributed by atoms with Crippen LogP contribution in [0.5, 0.6) is 11.5 Å². The maximum Gasteiger partial charge on any atom is 0.191 e. The summed E-state index contributed by atoms with van der Waals surface area (Å²) in [6.07, 6.45) is 0. The second kappa shape index (κ2) is 9.91. The summed E-state index contributed by atoms with van der Waals surface area (Å²) in [5.74, 6) is 3.05. The zero-order valence-electron chi connectivity index (χ0n) is 13.5. The lowest BCUT2D eigenvalue weighted by molar-refractivity contribution is 0.321. The van der Waals surface area contributed by atoms with E-state index in [4.69, 9.17) is 9.47 Å². The molecular weight excluding hydrogens is 266 g/mol. The highest BCUT2D eigenvalue weighted by atomic mass is 16.5. The zero-order chi connectivity index (χ0) is 15.5. The Morgan fingerprint density at radius 1 is 1.14 bits per heavy atom. The number of methoxy groups -OCH3 is 1. The molecule has 21 heavy (non-hydrogen) atoms. The molecule has 0 bridgehead atoms. The molecule has 5 heteroatoms. The molecule has 0 radical (unpaired) electrons. The molecule has 0 aliphatic carbocycles. The molecule has 0 saturated carbocycles. The highest BCUT2D eigenvalue weighted by Gasteiger charge is 1.99. The SMILES string of the molecule is CCNC(=NCC(C)C)NCCOc1ccc(OC)cc1. The monoisotopic (exact) mass is 293 g/mol. The summed E-state index contributed by atoms with van der Waals surface area (Å²) >= 11 is 0. The normalized spacial score (nSPS) is 11.4. The molecule has 0 heterocycles. The minimum Gasteiger partial charge on any atom is -0.497 e. The van der Waals surface area contributed by atoms with E-state index in [1.165, 1.54) is 0 Å². The van der Waals surface area contributed by atoms with Crippen LogP contribution in [0.25, 0.3) is 0 Å². The van der Waals surface area contributed by atoms with Crippen LogP contribution in [0.15, 0.2) is 29.3 Å². The Kier molecular flexibility index (Phi) is 8.09. The standard InChI is InChI=1S/C16H27N3O2/c1-5-17-16(19-12-13(2)3)18-10-11-21-15-8-6-14(20-4)7-9-15/h6-9,13H,5,10-12H2,1-4H3,(H2,17,18,19). The fourth-order valence-electron chi connectivity index (χ4n) is 1.63. The van der Waals surface area contributed by atoms with Crippen LogP contribution >= 0.6 is 0 Å². The molecule has 0 spiro atoms. The molecule has 5 nitrogen and oxygen atoms in total. The van der Waals surface area contributed by atoms with Crippen molar-refractivity contribution in [1.82, 2.24) is 10.6 Å². The maximum absolute atomic E-state index is 5.66. The van der Waals surface area contributed by atoms with E-state index in [0.29, 0.717) is 19.1 Å². The van der Waals surface area contributed by atoms with Gasteiger partial charge in [-0.1, -0.05) is 13.8 Å². The lowest BCUT2D eigenvalue weighted by Gasteiger charge is -2.12. The average Bonchev–Trinajstić information content (AvgIpc) is 2.49. The van der Waals surface area contributed by atoms with Gasteiger partial charge >= 0.3 is 0 Å². The summed E-state index contributed by atoms with van der Waals surface area (Å²) in [6, 6.07) is 7.57. The minimum atomic E-state index is 0.552. The Hall–Kier alpha value is -1.91. The summed E-state index contributed by atoms with van der Waals surface area (Å²) < 4.78 is 10.8. The molecule has 1 aromatic carbocycles. The minimum absolute atomic E-state index is 0.552. The number of nitrogens with one attached hydrogen (secondary N) is 2. The van der Waals surface area contributed by atoms with E-state index in [1.54, 1.807) is 7.11 Å². The fraction of sp³-hybridized carbons (Fsp3) is 0.562. The summed E-state index contributed by atoms with van der Waals surface area (Å²) in [5, 5.41) is 6.48. The van der Waals surface area contributed by atoms with Crippen molar-refractivity contribution in [3.63, 3.8) is 0 Å². The number of ether oxygens (including phenoxy) is 2. The smallest absolute Gasteiger partial charge is 0.191 e. The largest absolute Gasteiger partial charge is 0.497 e.